The molecule has 0 radical (unpaired) electrons. The number of urea groups is 2. The van der Waals surface area contributed by atoms with Crippen LogP contribution in [0, 0.1) is 0 Å². The predicted molar refractivity (Wildman–Crippen MR) is 54.3 cm³/mol. The number of amides is 6. The Morgan fingerprint density at radius 3 is 1.65 bits per heavy atom. The van der Waals surface area contributed by atoms with Crippen LogP contribution in [0.4, 0.5) is 9.59 Å². The van der Waals surface area contributed by atoms with Gasteiger partial charge >= 0.3 is 12.1 Å². The molecule has 2 aliphatic rings. The number of imide groups is 2. The highest BCUT2D eigenvalue weighted by molar-refractivity contribution is 5.99. The molecule has 2 fully saturated rings. The molecule has 17 heavy (non-hydrogen) atoms. The maximum atomic E-state index is 11.6. The summed E-state index contributed by atoms with van der Waals surface area (Å²) in [6.07, 6.45) is -1.08. The number of rotatable bonds is 0. The van der Waals surface area contributed by atoms with E-state index in [1.54, 1.807) is 0 Å². The van der Waals surface area contributed by atoms with Gasteiger partial charge in [0.05, 0.1) is 0 Å². The topological polar surface area (TPSA) is 98.8 Å². The summed E-state index contributed by atoms with van der Waals surface area (Å²) in [5.41, 5.74) is 0. The summed E-state index contributed by atoms with van der Waals surface area (Å²) in [6.45, 7) is 2.48. The van der Waals surface area contributed by atoms with Crippen LogP contribution in [-0.2, 0) is 9.59 Å². The van der Waals surface area contributed by atoms with Crippen molar-refractivity contribution >= 4 is 23.9 Å². The normalized spacial score (nSPS) is 27.4. The first-order valence-electron chi connectivity index (χ1n) is 5.12. The third-order valence-corrected chi connectivity index (χ3v) is 2.77. The minimum absolute atomic E-state index is 0.288. The number of carbonyl (C=O) groups excluding carboxylic acids is 4. The number of carbonyl (C=O) groups is 4. The monoisotopic (exact) mass is 240 g/mol. The number of hydrogen-bond acceptors (Lipinski definition) is 4. The van der Waals surface area contributed by atoms with E-state index in [1.807, 2.05) is 0 Å². The lowest BCUT2D eigenvalue weighted by Gasteiger charge is -2.46. The maximum Gasteiger partial charge on any atom is 0.327 e. The fourth-order valence-electron chi connectivity index (χ4n) is 2.10. The number of fused-ring (bicyclic) bond motifs is 2. The SMILES string of the molecule is CC(=O)N1C(=O)N[C@H]2C[C@@H]1NC(=O)N2C(C)=O. The van der Waals surface area contributed by atoms with Crippen molar-refractivity contribution in [3.63, 3.8) is 0 Å². The van der Waals surface area contributed by atoms with Crippen LogP contribution in [0.5, 0.6) is 0 Å². The first-order valence-corrected chi connectivity index (χ1v) is 5.12. The molecule has 8 heteroatoms. The Balaban J connectivity index is 2.28. The summed E-state index contributed by atoms with van der Waals surface area (Å²) in [4.78, 5) is 47.7. The highest BCUT2D eigenvalue weighted by Crippen LogP contribution is 2.20. The van der Waals surface area contributed by atoms with E-state index < -0.39 is 36.2 Å². The molecule has 2 saturated heterocycles. The zero-order valence-electron chi connectivity index (χ0n) is 9.39. The van der Waals surface area contributed by atoms with Crippen LogP contribution in [-0.4, -0.2) is 46.0 Å². The minimum Gasteiger partial charge on any atom is -0.316 e. The van der Waals surface area contributed by atoms with Gasteiger partial charge in [-0.15, -0.1) is 0 Å². The highest BCUT2D eigenvalue weighted by atomic mass is 16.2. The van der Waals surface area contributed by atoms with E-state index in [0.29, 0.717) is 0 Å². The van der Waals surface area contributed by atoms with Crippen molar-refractivity contribution in [3.8, 4) is 0 Å². The quantitative estimate of drug-likeness (QED) is 0.577. The molecular weight excluding hydrogens is 228 g/mol. The average Bonchev–Trinajstić information content (AvgIpc) is 2.13. The largest absolute Gasteiger partial charge is 0.327 e. The van der Waals surface area contributed by atoms with Crippen LogP contribution in [0.1, 0.15) is 20.3 Å². The maximum absolute atomic E-state index is 11.6. The van der Waals surface area contributed by atoms with E-state index >= 15 is 0 Å². The predicted octanol–water partition coefficient (Wildman–Crippen LogP) is -0.828. The fourth-order valence-corrected chi connectivity index (χ4v) is 2.10. The van der Waals surface area contributed by atoms with E-state index in [-0.39, 0.29) is 6.42 Å². The molecule has 0 aromatic rings. The second-order valence-corrected chi connectivity index (χ2v) is 3.94. The van der Waals surface area contributed by atoms with E-state index in [0.717, 1.165) is 9.80 Å². The zero-order chi connectivity index (χ0) is 12.7. The van der Waals surface area contributed by atoms with Gasteiger partial charge in [0.15, 0.2) is 0 Å². The first kappa shape index (κ1) is 11.4. The van der Waals surface area contributed by atoms with Crippen molar-refractivity contribution in [1.29, 1.82) is 0 Å². The van der Waals surface area contributed by atoms with Gasteiger partial charge in [0.2, 0.25) is 11.8 Å². The Morgan fingerprint density at radius 2 is 1.35 bits per heavy atom. The van der Waals surface area contributed by atoms with E-state index in [1.165, 1.54) is 13.8 Å². The summed E-state index contributed by atoms with van der Waals surface area (Å²) >= 11 is 0. The molecule has 0 unspecified atom stereocenters. The second-order valence-electron chi connectivity index (χ2n) is 3.94. The molecule has 0 spiro atoms. The minimum atomic E-state index is -0.686. The molecule has 2 N–H and O–H groups in total. The number of nitrogens with one attached hydrogen (secondary N) is 2. The highest BCUT2D eigenvalue weighted by Gasteiger charge is 2.46. The standard InChI is InChI=1S/C9H12N4O4/c1-4(14)12-6-3-7(11-8(12)16)13(5(2)15)9(17)10-6/h6-7H,3H2,1-2H3,(H,10,17)(H,11,16)/t6-,7-/m1/s1. The van der Waals surface area contributed by atoms with Gasteiger partial charge in [0, 0.05) is 20.3 Å². The Morgan fingerprint density at radius 1 is 1.00 bits per heavy atom. The second kappa shape index (κ2) is 3.72. The molecule has 92 valence electrons. The lowest BCUT2D eigenvalue weighted by atomic mass is 10.1. The smallest absolute Gasteiger partial charge is 0.316 e. The van der Waals surface area contributed by atoms with Gasteiger partial charge < -0.3 is 10.6 Å². The molecule has 0 aromatic heterocycles. The van der Waals surface area contributed by atoms with Gasteiger partial charge in [-0.25, -0.2) is 19.4 Å². The van der Waals surface area contributed by atoms with Crippen molar-refractivity contribution in [1.82, 2.24) is 20.4 Å². The molecule has 0 aliphatic carbocycles. The third kappa shape index (κ3) is 1.71. The molecule has 2 bridgehead atoms. The summed E-state index contributed by atoms with van der Waals surface area (Å²) in [6, 6.07) is -1.21. The van der Waals surface area contributed by atoms with Gasteiger partial charge in [-0.2, -0.15) is 0 Å². The molecule has 2 rings (SSSR count). The van der Waals surface area contributed by atoms with Gasteiger partial charge in [0.25, 0.3) is 0 Å². The van der Waals surface area contributed by atoms with Crippen LogP contribution < -0.4 is 10.6 Å². The molecule has 6 amide bonds. The Kier molecular flexibility index (Phi) is 2.49. The first-order chi connectivity index (χ1) is 7.91. The molecular formula is C9H12N4O4. The zero-order valence-corrected chi connectivity index (χ0v) is 9.39. The van der Waals surface area contributed by atoms with Crippen molar-refractivity contribution in [2.45, 2.75) is 32.6 Å². The number of hydrogen-bond donors (Lipinski definition) is 2. The molecule has 2 heterocycles. The van der Waals surface area contributed by atoms with Crippen LogP contribution in [0.25, 0.3) is 0 Å². The van der Waals surface area contributed by atoms with Crippen molar-refractivity contribution < 1.29 is 19.2 Å². The summed E-state index contributed by atoms with van der Waals surface area (Å²) in [5, 5.41) is 4.90. The van der Waals surface area contributed by atoms with Gasteiger partial charge in [-0.1, -0.05) is 0 Å². The van der Waals surface area contributed by atoms with Crippen molar-refractivity contribution in [3.05, 3.63) is 0 Å². The molecule has 0 saturated carbocycles. The Hall–Kier alpha value is -2.12. The van der Waals surface area contributed by atoms with Crippen LogP contribution in [0.15, 0.2) is 0 Å². The molecule has 2 aliphatic heterocycles. The molecule has 2 atom stereocenters. The van der Waals surface area contributed by atoms with Gasteiger partial charge in [-0.3, -0.25) is 9.59 Å². The Bertz CT molecular complexity index is 383. The van der Waals surface area contributed by atoms with Crippen LogP contribution in [0.2, 0.25) is 0 Å². The Labute approximate surface area is 96.9 Å². The third-order valence-electron chi connectivity index (χ3n) is 2.77. The van der Waals surface area contributed by atoms with Gasteiger partial charge in [-0.05, 0) is 0 Å². The average molecular weight is 240 g/mol. The summed E-state index contributed by atoms with van der Waals surface area (Å²) in [5.74, 6) is -0.912. The van der Waals surface area contributed by atoms with E-state index in [4.69, 9.17) is 0 Å². The summed E-state index contributed by atoms with van der Waals surface area (Å²) in [7, 11) is 0. The van der Waals surface area contributed by atoms with Gasteiger partial charge in [0.1, 0.15) is 12.3 Å². The lowest BCUT2D eigenvalue weighted by molar-refractivity contribution is -0.133. The fraction of sp³-hybridized carbons (Fsp3) is 0.556. The molecule has 0 aromatic carbocycles. The van der Waals surface area contributed by atoms with E-state index in [2.05, 4.69) is 10.6 Å². The summed E-state index contributed by atoms with van der Waals surface area (Å²) < 4.78 is 0. The van der Waals surface area contributed by atoms with Crippen molar-refractivity contribution in [2.24, 2.45) is 0 Å². The van der Waals surface area contributed by atoms with Crippen LogP contribution in [0.3, 0.4) is 0 Å². The van der Waals surface area contributed by atoms with E-state index in [9.17, 15) is 19.2 Å². The molecule has 8 nitrogen and oxygen atoms in total. The number of nitrogens with zero attached hydrogens (tertiary/aromatic N) is 2. The van der Waals surface area contributed by atoms with Crippen LogP contribution >= 0.6 is 0 Å². The lowest BCUT2D eigenvalue weighted by Crippen LogP contribution is -2.73. The van der Waals surface area contributed by atoms with Crippen molar-refractivity contribution in [2.75, 3.05) is 0 Å².